The second-order valence-corrected chi connectivity index (χ2v) is 18.3. The van der Waals surface area contributed by atoms with E-state index in [1.165, 1.54) is 5.57 Å². The van der Waals surface area contributed by atoms with Gasteiger partial charge in [0.1, 0.15) is 18.3 Å². The maximum atomic E-state index is 13.3. The average molecular weight is 695 g/mol. The summed E-state index contributed by atoms with van der Waals surface area (Å²) in [5.74, 6) is -0.952. The molecule has 5 fully saturated rings. The van der Waals surface area contributed by atoms with Gasteiger partial charge >= 0.3 is 5.97 Å². The molecule has 0 unspecified atom stereocenters. The van der Waals surface area contributed by atoms with Crippen LogP contribution in [0, 0.1) is 56.2 Å². The summed E-state index contributed by atoms with van der Waals surface area (Å²) in [4.78, 5) is 13.3. The number of aliphatic carboxylic acids is 1. The second kappa shape index (κ2) is 12.5. The molecule has 0 aromatic heterocycles. The zero-order valence-corrected chi connectivity index (χ0v) is 30.2. The van der Waals surface area contributed by atoms with Crippen molar-refractivity contribution in [3.63, 3.8) is 0 Å². The number of hydrogen-bond acceptors (Lipinski definition) is 10. The van der Waals surface area contributed by atoms with Gasteiger partial charge in [-0.05, 0) is 96.7 Å². The Morgan fingerprint density at radius 1 is 0.959 bits per heavy atom. The van der Waals surface area contributed by atoms with Gasteiger partial charge in [-0.2, -0.15) is 0 Å². The summed E-state index contributed by atoms with van der Waals surface area (Å²) >= 11 is 0. The van der Waals surface area contributed by atoms with Crippen molar-refractivity contribution >= 4 is 5.97 Å². The SMILES string of the molecule is CC[C@H]1C[C@@]2(C(=O)O)CC[C@](C)(CO)C[C@H]2C2=CC[C@@H]3[C@@]4(C)C[C@@H](O)[C@@H](O[C@@H]5OC[C@@H](O)[C@H](O)[C@H]5O)[C@@](C)([C@H](O)CO)[C@H]4CC[C@@]3(C)[C@@]21C. The fourth-order valence-corrected chi connectivity index (χ4v) is 13.3. The van der Waals surface area contributed by atoms with Crippen molar-refractivity contribution in [1.82, 2.24) is 0 Å². The van der Waals surface area contributed by atoms with E-state index in [9.17, 15) is 45.6 Å². The number of allylic oxidation sites excluding steroid dienone is 2. The molecule has 8 N–H and O–H groups in total. The first-order valence-corrected chi connectivity index (χ1v) is 18.7. The van der Waals surface area contributed by atoms with E-state index >= 15 is 0 Å². The van der Waals surface area contributed by atoms with Gasteiger partial charge in [-0.15, -0.1) is 0 Å². The van der Waals surface area contributed by atoms with E-state index in [2.05, 4.69) is 40.7 Å². The molecule has 4 saturated carbocycles. The van der Waals surface area contributed by atoms with Crippen LogP contribution < -0.4 is 0 Å². The van der Waals surface area contributed by atoms with Gasteiger partial charge in [0.05, 0.1) is 36.9 Å². The van der Waals surface area contributed by atoms with E-state index in [0.717, 1.165) is 12.8 Å². The number of aliphatic hydroxyl groups excluding tert-OH is 7. The molecule has 17 atom stereocenters. The maximum absolute atomic E-state index is 13.3. The van der Waals surface area contributed by atoms with E-state index in [4.69, 9.17) is 9.47 Å². The molecule has 1 aliphatic heterocycles. The molecule has 280 valence electrons. The first-order chi connectivity index (χ1) is 22.8. The average Bonchev–Trinajstić information content (AvgIpc) is 3.05. The van der Waals surface area contributed by atoms with Crippen molar-refractivity contribution in [2.24, 2.45) is 56.2 Å². The predicted molar refractivity (Wildman–Crippen MR) is 179 cm³/mol. The topological polar surface area (TPSA) is 197 Å². The van der Waals surface area contributed by atoms with Gasteiger partial charge < -0.3 is 50.3 Å². The minimum Gasteiger partial charge on any atom is -0.481 e. The lowest BCUT2D eigenvalue weighted by atomic mass is 9.31. The molecule has 0 aromatic rings. The molecule has 49 heavy (non-hydrogen) atoms. The Hall–Kier alpha value is -1.15. The summed E-state index contributed by atoms with van der Waals surface area (Å²) in [7, 11) is 0. The lowest BCUT2D eigenvalue weighted by molar-refractivity contribution is -0.336. The third-order valence-corrected chi connectivity index (χ3v) is 16.3. The molecule has 1 heterocycles. The predicted octanol–water partition coefficient (Wildman–Crippen LogP) is 2.61. The van der Waals surface area contributed by atoms with Crippen molar-refractivity contribution in [2.75, 3.05) is 19.8 Å². The van der Waals surface area contributed by atoms with E-state index in [1.807, 2.05) is 6.92 Å². The van der Waals surface area contributed by atoms with Crippen molar-refractivity contribution in [2.45, 2.75) is 142 Å². The van der Waals surface area contributed by atoms with E-state index in [1.54, 1.807) is 0 Å². The minimum absolute atomic E-state index is 0.0232. The highest BCUT2D eigenvalue weighted by atomic mass is 16.7. The van der Waals surface area contributed by atoms with Crippen LogP contribution in [0.25, 0.3) is 0 Å². The van der Waals surface area contributed by atoms with Crippen molar-refractivity contribution in [3.05, 3.63) is 11.6 Å². The van der Waals surface area contributed by atoms with Crippen LogP contribution in [0.15, 0.2) is 11.6 Å². The molecule has 1 saturated heterocycles. The van der Waals surface area contributed by atoms with Crippen LogP contribution >= 0.6 is 0 Å². The van der Waals surface area contributed by atoms with Crippen molar-refractivity contribution in [3.8, 4) is 0 Å². The van der Waals surface area contributed by atoms with Gasteiger partial charge in [0, 0.05) is 12.0 Å². The molecule has 6 aliphatic rings. The standard InChI is InChI=1S/C38H62O11/c1-7-20-14-38(32(46)47)13-12-33(2,19-40)15-22(38)21-8-9-25-34(3)16-23(41)30(49-31-29(45)28(44)24(42)18-48-31)36(5,27(43)17-39)26(34)10-11-35(25,4)37(20,21)6/h8,20,22-31,39-45H,7,9-19H2,1-6H3,(H,46,47)/t20-,22-,23+,24+,25+,26-,27+,28-,29+,30+,31-,33-,34+,35+,36+,37+,38-/m0/s1. The van der Waals surface area contributed by atoms with Crippen LogP contribution in [0.4, 0.5) is 0 Å². The summed E-state index contributed by atoms with van der Waals surface area (Å²) in [5.41, 5.74) is -2.28. The molecular formula is C38H62O11. The highest BCUT2D eigenvalue weighted by molar-refractivity contribution is 5.77. The summed E-state index contributed by atoms with van der Waals surface area (Å²) in [6.45, 7) is 12.2. The molecule has 0 bridgehead atoms. The second-order valence-electron chi connectivity index (χ2n) is 18.3. The van der Waals surface area contributed by atoms with Gasteiger partial charge in [0.25, 0.3) is 0 Å². The van der Waals surface area contributed by atoms with E-state index in [0.29, 0.717) is 44.9 Å². The Morgan fingerprint density at radius 3 is 2.27 bits per heavy atom. The fraction of sp³-hybridized carbons (Fsp3) is 0.921. The number of carboxylic acid groups (broad SMARTS) is 1. The number of aliphatic hydroxyl groups is 7. The van der Waals surface area contributed by atoms with Crippen LogP contribution in [0.1, 0.15) is 99.3 Å². The van der Waals surface area contributed by atoms with Gasteiger partial charge in [-0.3, -0.25) is 4.79 Å². The highest BCUT2D eigenvalue weighted by Crippen LogP contribution is 2.77. The summed E-state index contributed by atoms with van der Waals surface area (Å²) in [5, 5.41) is 86.4. The summed E-state index contributed by atoms with van der Waals surface area (Å²) in [6, 6.07) is 0. The molecule has 0 aromatic carbocycles. The summed E-state index contributed by atoms with van der Waals surface area (Å²) < 4.78 is 11.9. The first kappa shape index (κ1) is 37.6. The van der Waals surface area contributed by atoms with Crippen LogP contribution in [0.3, 0.4) is 0 Å². The first-order valence-electron chi connectivity index (χ1n) is 18.7. The number of rotatable bonds is 7. The molecule has 0 amide bonds. The van der Waals surface area contributed by atoms with Crippen LogP contribution in [0.2, 0.25) is 0 Å². The lowest BCUT2D eigenvalue weighted by Gasteiger charge is -2.73. The molecule has 0 spiro atoms. The fourth-order valence-electron chi connectivity index (χ4n) is 13.3. The molecule has 6 rings (SSSR count). The number of carboxylic acids is 1. The monoisotopic (exact) mass is 694 g/mol. The number of ether oxygens (including phenoxy) is 2. The van der Waals surface area contributed by atoms with E-state index < -0.39 is 71.7 Å². The zero-order valence-electron chi connectivity index (χ0n) is 30.2. The quantitative estimate of drug-likeness (QED) is 0.144. The zero-order chi connectivity index (χ0) is 36.1. The van der Waals surface area contributed by atoms with Gasteiger partial charge in [-0.1, -0.05) is 59.6 Å². The van der Waals surface area contributed by atoms with Crippen LogP contribution in [-0.2, 0) is 14.3 Å². The number of hydrogen-bond donors (Lipinski definition) is 8. The van der Waals surface area contributed by atoms with E-state index in [-0.39, 0.29) is 53.1 Å². The van der Waals surface area contributed by atoms with Gasteiger partial charge in [-0.25, -0.2) is 0 Å². The third kappa shape index (κ3) is 5.03. The number of fused-ring (bicyclic) bond motifs is 7. The Morgan fingerprint density at radius 2 is 1.65 bits per heavy atom. The highest BCUT2D eigenvalue weighted by Gasteiger charge is 2.73. The Kier molecular flexibility index (Phi) is 9.57. The molecule has 11 heteroatoms. The molecule has 0 radical (unpaired) electrons. The summed E-state index contributed by atoms with van der Waals surface area (Å²) in [6.07, 6.45) is -1.04. The number of carbonyl (C=O) groups is 1. The minimum atomic E-state index is -1.57. The lowest BCUT2D eigenvalue weighted by Crippen LogP contribution is -2.71. The van der Waals surface area contributed by atoms with Gasteiger partial charge in [0.15, 0.2) is 6.29 Å². The molecule has 11 nitrogen and oxygen atoms in total. The largest absolute Gasteiger partial charge is 0.481 e. The molecular weight excluding hydrogens is 632 g/mol. The molecule has 5 aliphatic carbocycles. The van der Waals surface area contributed by atoms with Crippen molar-refractivity contribution in [1.29, 1.82) is 0 Å². The maximum Gasteiger partial charge on any atom is 0.310 e. The normalized spacial score (nSPS) is 54.8. The third-order valence-electron chi connectivity index (χ3n) is 16.3. The van der Waals surface area contributed by atoms with Gasteiger partial charge in [0.2, 0.25) is 0 Å². The Balaban J connectivity index is 1.42. The van der Waals surface area contributed by atoms with Crippen LogP contribution in [0.5, 0.6) is 0 Å². The Bertz CT molecular complexity index is 1310. The smallest absolute Gasteiger partial charge is 0.310 e. The van der Waals surface area contributed by atoms with Crippen molar-refractivity contribution < 1.29 is 55.1 Å². The van der Waals surface area contributed by atoms with Crippen LogP contribution in [-0.4, -0.2) is 110 Å². The Labute approximate surface area is 290 Å².